The Hall–Kier alpha value is -3.39. The van der Waals surface area contributed by atoms with Crippen LogP contribution in [0.1, 0.15) is 17.4 Å². The zero-order valence-corrected chi connectivity index (χ0v) is 18.0. The fraction of sp³-hybridized carbons (Fsp3) is 0.217. The molecule has 7 nitrogen and oxygen atoms in total. The van der Waals surface area contributed by atoms with Gasteiger partial charge in [0.1, 0.15) is 23.8 Å². The normalized spacial score (nSPS) is 15.7. The first-order valence-electron chi connectivity index (χ1n) is 9.70. The second-order valence-corrected chi connectivity index (χ2v) is 8.13. The van der Waals surface area contributed by atoms with Crippen LogP contribution in [0.25, 0.3) is 0 Å². The number of para-hydroxylation sites is 1. The summed E-state index contributed by atoms with van der Waals surface area (Å²) in [7, 11) is 3.08. The van der Waals surface area contributed by atoms with Crippen LogP contribution in [0.2, 0.25) is 0 Å². The fourth-order valence-electron chi connectivity index (χ4n) is 3.42. The van der Waals surface area contributed by atoms with Crippen LogP contribution < -0.4 is 19.7 Å². The molecule has 8 heteroatoms. The molecular formula is C23H22N2O5S. The highest BCUT2D eigenvalue weighted by Gasteiger charge is 2.31. The lowest BCUT2D eigenvalue weighted by Gasteiger charge is -2.22. The zero-order chi connectivity index (χ0) is 21.8. The Kier molecular flexibility index (Phi) is 6.18. The first kappa shape index (κ1) is 20.9. The topological polar surface area (TPSA) is 81.0 Å². The molecule has 0 saturated heterocycles. The van der Waals surface area contributed by atoms with Crippen molar-refractivity contribution in [1.29, 1.82) is 0 Å². The molecule has 4 rings (SSSR count). The predicted octanol–water partition coefficient (Wildman–Crippen LogP) is 4.51. The third-order valence-electron chi connectivity index (χ3n) is 4.93. The summed E-state index contributed by atoms with van der Waals surface area (Å²) in [5.74, 6) is 1.36. The van der Waals surface area contributed by atoms with Crippen LogP contribution in [0.3, 0.4) is 0 Å². The third kappa shape index (κ3) is 4.54. The summed E-state index contributed by atoms with van der Waals surface area (Å²) >= 11 is 1.56. The molecule has 0 bridgehead atoms. The summed E-state index contributed by atoms with van der Waals surface area (Å²) in [5, 5.41) is 2.68. The molecule has 0 radical (unpaired) electrons. The van der Waals surface area contributed by atoms with E-state index in [0.29, 0.717) is 22.9 Å². The van der Waals surface area contributed by atoms with E-state index in [1.54, 1.807) is 43.3 Å². The standard InChI is InChI=1S/C23H22N2O5S/c1-28-15-9-10-16(19(12-15)29-2)24-22(26)14-25-17-6-3-4-8-20(17)31-21(13-23(25)27)18-7-5-11-30-18/h3-12,21H,13-14H2,1-2H3,(H,24,26). The van der Waals surface area contributed by atoms with Crippen molar-refractivity contribution in [3.8, 4) is 11.5 Å². The minimum Gasteiger partial charge on any atom is -0.497 e. The van der Waals surface area contributed by atoms with Crippen LogP contribution in [0.15, 0.2) is 70.2 Å². The van der Waals surface area contributed by atoms with Crippen LogP contribution in [0, 0.1) is 0 Å². The minimum absolute atomic E-state index is 0.115. The molecule has 0 aliphatic carbocycles. The maximum Gasteiger partial charge on any atom is 0.244 e. The second kappa shape index (κ2) is 9.18. The van der Waals surface area contributed by atoms with Crippen LogP contribution in [0.4, 0.5) is 11.4 Å². The molecule has 3 aromatic rings. The monoisotopic (exact) mass is 438 g/mol. The van der Waals surface area contributed by atoms with Crippen LogP contribution in [-0.2, 0) is 9.59 Å². The molecule has 2 amide bonds. The van der Waals surface area contributed by atoms with Gasteiger partial charge in [-0.15, -0.1) is 11.8 Å². The van der Waals surface area contributed by atoms with Crippen LogP contribution >= 0.6 is 11.8 Å². The highest BCUT2D eigenvalue weighted by Crippen LogP contribution is 2.45. The van der Waals surface area contributed by atoms with E-state index in [1.165, 1.54) is 12.0 Å². The second-order valence-electron chi connectivity index (χ2n) is 6.89. The molecule has 0 saturated carbocycles. The number of thioether (sulfide) groups is 1. The van der Waals surface area contributed by atoms with E-state index < -0.39 is 0 Å². The van der Waals surface area contributed by atoms with Crippen LogP contribution in [-0.4, -0.2) is 32.6 Å². The third-order valence-corrected chi connectivity index (χ3v) is 6.21. The molecule has 1 atom stereocenters. The van der Waals surface area contributed by atoms with E-state index in [9.17, 15) is 9.59 Å². The number of anilines is 2. The van der Waals surface area contributed by atoms with Gasteiger partial charge in [-0.2, -0.15) is 0 Å². The Morgan fingerprint density at radius 3 is 2.74 bits per heavy atom. The molecule has 2 heterocycles. The number of methoxy groups -OCH3 is 2. The molecule has 31 heavy (non-hydrogen) atoms. The molecule has 0 fully saturated rings. The van der Waals surface area contributed by atoms with Gasteiger partial charge >= 0.3 is 0 Å². The van der Waals surface area contributed by atoms with Crippen molar-refractivity contribution in [3.05, 3.63) is 66.6 Å². The Labute approximate surface area is 184 Å². The first-order valence-corrected chi connectivity index (χ1v) is 10.6. The van der Waals surface area contributed by atoms with Gasteiger partial charge in [0.05, 0.1) is 37.1 Å². The molecule has 1 N–H and O–H groups in total. The van der Waals surface area contributed by atoms with Gasteiger partial charge in [-0.05, 0) is 36.4 Å². The van der Waals surface area contributed by atoms with Gasteiger partial charge in [0.15, 0.2) is 0 Å². The summed E-state index contributed by atoms with van der Waals surface area (Å²) < 4.78 is 16.1. The minimum atomic E-state index is -0.326. The molecule has 1 unspecified atom stereocenters. The number of ether oxygens (including phenoxy) is 2. The average Bonchev–Trinajstić information content (AvgIpc) is 3.28. The summed E-state index contributed by atoms with van der Waals surface area (Å²) in [6, 6.07) is 16.4. The summed E-state index contributed by atoms with van der Waals surface area (Å²) in [6.45, 7) is -0.115. The van der Waals surface area contributed by atoms with Crippen molar-refractivity contribution >= 4 is 35.0 Å². The molecule has 1 aliphatic heterocycles. The van der Waals surface area contributed by atoms with Crippen molar-refractivity contribution in [2.75, 3.05) is 31.0 Å². The van der Waals surface area contributed by atoms with Crippen molar-refractivity contribution in [3.63, 3.8) is 0 Å². The van der Waals surface area contributed by atoms with Crippen molar-refractivity contribution in [1.82, 2.24) is 0 Å². The number of carbonyl (C=O) groups is 2. The Balaban J connectivity index is 1.56. The number of rotatable bonds is 6. The number of nitrogens with one attached hydrogen (secondary N) is 1. The van der Waals surface area contributed by atoms with Crippen molar-refractivity contribution < 1.29 is 23.5 Å². The quantitative estimate of drug-likeness (QED) is 0.610. The maximum atomic E-state index is 13.1. The van der Waals surface area contributed by atoms with E-state index in [2.05, 4.69) is 5.32 Å². The lowest BCUT2D eigenvalue weighted by Crippen LogP contribution is -2.38. The van der Waals surface area contributed by atoms with Crippen molar-refractivity contribution in [2.24, 2.45) is 0 Å². The molecular weight excluding hydrogens is 416 g/mol. The van der Waals surface area contributed by atoms with Crippen molar-refractivity contribution in [2.45, 2.75) is 16.6 Å². The van der Waals surface area contributed by atoms with Gasteiger partial charge in [0, 0.05) is 17.4 Å². The number of hydrogen-bond donors (Lipinski definition) is 1. The van der Waals surface area contributed by atoms with Gasteiger partial charge in [-0.25, -0.2) is 0 Å². The van der Waals surface area contributed by atoms with Gasteiger partial charge < -0.3 is 24.1 Å². The summed E-state index contributed by atoms with van der Waals surface area (Å²) in [5.41, 5.74) is 1.22. The van der Waals surface area contributed by atoms with E-state index in [0.717, 1.165) is 10.7 Å². The highest BCUT2D eigenvalue weighted by atomic mass is 32.2. The smallest absolute Gasteiger partial charge is 0.244 e. The first-order chi connectivity index (χ1) is 15.1. The van der Waals surface area contributed by atoms with E-state index >= 15 is 0 Å². The average molecular weight is 439 g/mol. The predicted molar refractivity (Wildman–Crippen MR) is 119 cm³/mol. The zero-order valence-electron chi connectivity index (χ0n) is 17.2. The largest absolute Gasteiger partial charge is 0.497 e. The lowest BCUT2D eigenvalue weighted by molar-refractivity contribution is -0.121. The number of amides is 2. The lowest BCUT2D eigenvalue weighted by atomic mass is 10.2. The number of nitrogens with zero attached hydrogens (tertiary/aromatic N) is 1. The number of carbonyl (C=O) groups excluding carboxylic acids is 2. The highest BCUT2D eigenvalue weighted by molar-refractivity contribution is 7.99. The Morgan fingerprint density at radius 1 is 1.16 bits per heavy atom. The number of hydrogen-bond acceptors (Lipinski definition) is 6. The van der Waals surface area contributed by atoms with Gasteiger partial charge in [0.25, 0.3) is 0 Å². The van der Waals surface area contributed by atoms with Gasteiger partial charge in [0.2, 0.25) is 11.8 Å². The Morgan fingerprint density at radius 2 is 2.00 bits per heavy atom. The van der Waals surface area contributed by atoms with E-state index in [4.69, 9.17) is 13.9 Å². The summed E-state index contributed by atoms with van der Waals surface area (Å²) in [4.78, 5) is 28.4. The molecule has 1 aromatic heterocycles. The molecule has 1 aliphatic rings. The van der Waals surface area contributed by atoms with Gasteiger partial charge in [-0.3, -0.25) is 9.59 Å². The molecule has 0 spiro atoms. The van der Waals surface area contributed by atoms with Gasteiger partial charge in [-0.1, -0.05) is 12.1 Å². The Bertz CT molecular complexity index is 1080. The molecule has 2 aromatic carbocycles. The van der Waals surface area contributed by atoms with E-state index in [-0.39, 0.29) is 30.0 Å². The van der Waals surface area contributed by atoms with E-state index in [1.807, 2.05) is 36.4 Å². The SMILES string of the molecule is COc1ccc(NC(=O)CN2C(=O)CC(c3ccco3)Sc3ccccc32)c(OC)c1. The number of benzene rings is 2. The van der Waals surface area contributed by atoms with Crippen LogP contribution in [0.5, 0.6) is 11.5 Å². The molecule has 160 valence electrons. The summed E-state index contributed by atoms with van der Waals surface area (Å²) in [6.07, 6.45) is 1.83. The number of fused-ring (bicyclic) bond motifs is 1. The fourth-order valence-corrected chi connectivity index (χ4v) is 4.66. The number of furan rings is 1. The maximum absolute atomic E-state index is 13.1.